The molecular weight excluding hydrogens is 328 g/mol. The van der Waals surface area contributed by atoms with Crippen LogP contribution in [0.1, 0.15) is 38.3 Å². The fourth-order valence-electron chi connectivity index (χ4n) is 2.39. The summed E-state index contributed by atoms with van der Waals surface area (Å²) in [6.45, 7) is 5.85. The number of esters is 2. The molecule has 1 unspecified atom stereocenters. The highest BCUT2D eigenvalue weighted by molar-refractivity contribution is 5.95. The van der Waals surface area contributed by atoms with Gasteiger partial charge in [-0.05, 0) is 43.0 Å². The second-order valence-corrected chi connectivity index (χ2v) is 5.60. The highest BCUT2D eigenvalue weighted by Gasteiger charge is 2.26. The van der Waals surface area contributed by atoms with Gasteiger partial charge >= 0.3 is 17.9 Å². The first-order valence-electron chi connectivity index (χ1n) is 7.87. The van der Waals surface area contributed by atoms with Crippen LogP contribution in [0.15, 0.2) is 24.8 Å². The maximum absolute atomic E-state index is 12.3. The van der Waals surface area contributed by atoms with Gasteiger partial charge in [0.25, 0.3) is 0 Å². The Labute approximate surface area is 145 Å². The van der Waals surface area contributed by atoms with Crippen LogP contribution in [-0.2, 0) is 25.4 Å². The molecule has 1 N–H and O–H groups in total. The number of hydrogen-bond donors (Lipinski definition) is 1. The maximum Gasteiger partial charge on any atom is 0.338 e. The quantitative estimate of drug-likeness (QED) is 0.315. The lowest BCUT2D eigenvalue weighted by Gasteiger charge is -2.14. The molecule has 2 rings (SSSR count). The van der Waals surface area contributed by atoms with E-state index in [4.69, 9.17) is 14.2 Å². The van der Waals surface area contributed by atoms with E-state index in [2.05, 4.69) is 6.58 Å². The van der Waals surface area contributed by atoms with E-state index in [1.165, 1.54) is 12.1 Å². The van der Waals surface area contributed by atoms with E-state index in [1.807, 2.05) is 0 Å². The van der Waals surface area contributed by atoms with Crippen LogP contribution in [0.5, 0.6) is 0 Å². The summed E-state index contributed by atoms with van der Waals surface area (Å²) in [6, 6.07) is 2.85. The number of epoxide rings is 1. The largest absolute Gasteiger partial charge is 0.478 e. The average Bonchev–Trinajstić information content (AvgIpc) is 3.41. The number of carboxylic acids is 1. The lowest BCUT2D eigenvalue weighted by Crippen LogP contribution is -2.15. The molecule has 1 aromatic rings. The third kappa shape index (κ3) is 5.15. The number of carbonyl (C=O) groups is 3. The van der Waals surface area contributed by atoms with Crippen LogP contribution in [-0.4, -0.2) is 48.9 Å². The zero-order chi connectivity index (χ0) is 18.4. The van der Waals surface area contributed by atoms with Gasteiger partial charge in [-0.25, -0.2) is 14.4 Å². The van der Waals surface area contributed by atoms with Gasteiger partial charge in [-0.2, -0.15) is 0 Å². The third-order valence-corrected chi connectivity index (χ3v) is 3.83. The molecule has 1 heterocycles. The van der Waals surface area contributed by atoms with Gasteiger partial charge in [-0.15, -0.1) is 0 Å². The Morgan fingerprint density at radius 1 is 1.32 bits per heavy atom. The fraction of sp³-hybridized carbons (Fsp3) is 0.389. The molecule has 7 nitrogen and oxygen atoms in total. The minimum Gasteiger partial charge on any atom is -0.478 e. The first-order valence-corrected chi connectivity index (χ1v) is 7.87. The Balaban J connectivity index is 2.14. The van der Waals surface area contributed by atoms with Crippen LogP contribution >= 0.6 is 0 Å². The highest BCUT2D eigenvalue weighted by atomic mass is 16.6. The van der Waals surface area contributed by atoms with Crippen molar-refractivity contribution >= 4 is 17.9 Å². The molecular formula is C18H20O7. The highest BCUT2D eigenvalue weighted by Crippen LogP contribution is 2.22. The number of rotatable bonds is 9. The van der Waals surface area contributed by atoms with Gasteiger partial charge in [0.05, 0.1) is 24.3 Å². The van der Waals surface area contributed by atoms with Gasteiger partial charge < -0.3 is 19.3 Å². The lowest BCUT2D eigenvalue weighted by molar-refractivity contribution is -0.137. The molecule has 1 saturated heterocycles. The van der Waals surface area contributed by atoms with Crippen molar-refractivity contribution in [2.45, 2.75) is 25.9 Å². The summed E-state index contributed by atoms with van der Waals surface area (Å²) in [7, 11) is 0. The van der Waals surface area contributed by atoms with Crippen molar-refractivity contribution in [1.29, 1.82) is 0 Å². The maximum atomic E-state index is 12.3. The zero-order valence-corrected chi connectivity index (χ0v) is 13.9. The average molecular weight is 348 g/mol. The van der Waals surface area contributed by atoms with Gasteiger partial charge in [0.15, 0.2) is 0 Å². The van der Waals surface area contributed by atoms with Crippen molar-refractivity contribution in [3.8, 4) is 0 Å². The van der Waals surface area contributed by atoms with E-state index in [0.717, 1.165) is 6.08 Å². The Bertz CT molecular complexity index is 689. The monoisotopic (exact) mass is 348 g/mol. The summed E-state index contributed by atoms with van der Waals surface area (Å²) in [4.78, 5) is 34.7. The number of carbonyl (C=O) groups excluding carboxylic acids is 2. The van der Waals surface area contributed by atoms with E-state index in [9.17, 15) is 19.5 Å². The van der Waals surface area contributed by atoms with Crippen LogP contribution in [0.2, 0.25) is 0 Å². The molecule has 0 spiro atoms. The van der Waals surface area contributed by atoms with E-state index >= 15 is 0 Å². The molecule has 0 saturated carbocycles. The third-order valence-electron chi connectivity index (χ3n) is 3.83. The van der Waals surface area contributed by atoms with Crippen molar-refractivity contribution in [3.05, 3.63) is 47.0 Å². The van der Waals surface area contributed by atoms with Crippen molar-refractivity contribution in [3.63, 3.8) is 0 Å². The summed E-state index contributed by atoms with van der Waals surface area (Å²) >= 11 is 0. The standard InChI is InChI=1S/C18H20O7/c1-3-16(19)23-8-4-5-13-11(2)14(17(20)21)6-7-15(13)18(22)25-10-12-9-24-12/h3,6-7,12H,1,4-5,8-10H2,2H3,(H,20,21). The number of carboxylic acid groups (broad SMARTS) is 1. The molecule has 1 fully saturated rings. The zero-order valence-electron chi connectivity index (χ0n) is 13.9. The van der Waals surface area contributed by atoms with Gasteiger partial charge in [0.1, 0.15) is 12.7 Å². The van der Waals surface area contributed by atoms with Gasteiger partial charge in [-0.3, -0.25) is 0 Å². The van der Waals surface area contributed by atoms with E-state index in [0.29, 0.717) is 36.1 Å². The molecule has 0 bridgehead atoms. The lowest BCUT2D eigenvalue weighted by atomic mass is 9.93. The molecule has 1 aliphatic rings. The smallest absolute Gasteiger partial charge is 0.338 e. The van der Waals surface area contributed by atoms with E-state index in [-0.39, 0.29) is 24.9 Å². The number of hydrogen-bond acceptors (Lipinski definition) is 6. The summed E-state index contributed by atoms with van der Waals surface area (Å²) in [5, 5.41) is 9.27. The summed E-state index contributed by atoms with van der Waals surface area (Å²) in [5.41, 5.74) is 1.52. The summed E-state index contributed by atoms with van der Waals surface area (Å²) in [5.74, 6) is -2.11. The Morgan fingerprint density at radius 3 is 2.60 bits per heavy atom. The Morgan fingerprint density at radius 2 is 2.00 bits per heavy atom. The van der Waals surface area contributed by atoms with Crippen molar-refractivity contribution in [2.75, 3.05) is 19.8 Å². The summed E-state index contributed by atoms with van der Waals surface area (Å²) < 4.78 is 15.1. The van der Waals surface area contributed by atoms with Crippen LogP contribution < -0.4 is 0 Å². The van der Waals surface area contributed by atoms with E-state index in [1.54, 1.807) is 6.92 Å². The topological polar surface area (TPSA) is 102 Å². The molecule has 1 aromatic carbocycles. The predicted molar refractivity (Wildman–Crippen MR) is 87.6 cm³/mol. The normalized spacial score (nSPS) is 15.3. The fourth-order valence-corrected chi connectivity index (χ4v) is 2.39. The Hall–Kier alpha value is -2.67. The molecule has 25 heavy (non-hydrogen) atoms. The van der Waals surface area contributed by atoms with E-state index < -0.39 is 17.9 Å². The van der Waals surface area contributed by atoms with Gasteiger partial charge in [0, 0.05) is 6.08 Å². The molecule has 0 aliphatic carbocycles. The summed E-state index contributed by atoms with van der Waals surface area (Å²) in [6.07, 6.45) is 1.83. The van der Waals surface area contributed by atoms with Gasteiger partial charge in [-0.1, -0.05) is 6.58 Å². The van der Waals surface area contributed by atoms with Crippen LogP contribution in [0.25, 0.3) is 0 Å². The second-order valence-electron chi connectivity index (χ2n) is 5.60. The SMILES string of the molecule is C=CC(=O)OCCCc1c(C(=O)OCC2CO2)ccc(C(=O)O)c1C. The molecule has 1 atom stereocenters. The first kappa shape index (κ1) is 18.7. The first-order chi connectivity index (χ1) is 11.9. The molecule has 7 heteroatoms. The molecule has 1 aliphatic heterocycles. The molecule has 134 valence electrons. The predicted octanol–water partition coefficient (Wildman–Crippen LogP) is 1.91. The van der Waals surface area contributed by atoms with Crippen LogP contribution in [0.4, 0.5) is 0 Å². The number of ether oxygens (including phenoxy) is 3. The van der Waals surface area contributed by atoms with Gasteiger partial charge in [0.2, 0.25) is 0 Å². The van der Waals surface area contributed by atoms with Crippen molar-refractivity contribution < 1.29 is 33.7 Å². The minimum absolute atomic E-state index is 0.0508. The van der Waals surface area contributed by atoms with Crippen molar-refractivity contribution in [2.24, 2.45) is 0 Å². The molecule has 0 aromatic heterocycles. The number of aromatic carboxylic acids is 1. The minimum atomic E-state index is -1.07. The molecule has 0 amide bonds. The molecule has 0 radical (unpaired) electrons. The number of benzene rings is 1. The second kappa shape index (κ2) is 8.43. The van der Waals surface area contributed by atoms with Crippen LogP contribution in [0.3, 0.4) is 0 Å². The van der Waals surface area contributed by atoms with Crippen LogP contribution in [0, 0.1) is 6.92 Å². The van der Waals surface area contributed by atoms with Crippen molar-refractivity contribution in [1.82, 2.24) is 0 Å². The Kier molecular flexibility index (Phi) is 6.30.